The van der Waals surface area contributed by atoms with Crippen LogP contribution in [0.1, 0.15) is 49.7 Å². The lowest BCUT2D eigenvalue weighted by molar-refractivity contribution is -0.142. The molecule has 1 heterocycles. The zero-order valence-corrected chi connectivity index (χ0v) is 19.6. The third-order valence-corrected chi connectivity index (χ3v) is 5.80. The molecular formula is C26H24N2O6S. The zero-order chi connectivity index (χ0) is 25.0. The van der Waals surface area contributed by atoms with E-state index in [9.17, 15) is 24.0 Å². The van der Waals surface area contributed by atoms with Gasteiger partial charge in [0, 0.05) is 36.2 Å². The van der Waals surface area contributed by atoms with Crippen LogP contribution >= 0.6 is 11.3 Å². The van der Waals surface area contributed by atoms with Crippen molar-refractivity contribution in [1.82, 2.24) is 5.32 Å². The summed E-state index contributed by atoms with van der Waals surface area (Å²) in [6.45, 7) is -0.382. The van der Waals surface area contributed by atoms with E-state index in [1.165, 1.54) is 23.5 Å². The lowest BCUT2D eigenvalue weighted by Gasteiger charge is -2.08. The maximum absolute atomic E-state index is 12.3. The van der Waals surface area contributed by atoms with Gasteiger partial charge in [0.05, 0.1) is 11.3 Å². The minimum absolute atomic E-state index is 0.0338. The SMILES string of the molecule is O=C(CCC(=O)c1cccs1)NCCC(=O)OCC(=O)c1ccc(NC(=O)c2ccccc2)cc1. The van der Waals surface area contributed by atoms with Crippen molar-refractivity contribution in [2.75, 3.05) is 18.5 Å². The Balaban J connectivity index is 1.33. The number of rotatable bonds is 12. The minimum Gasteiger partial charge on any atom is -0.457 e. The molecule has 2 amide bonds. The fourth-order valence-electron chi connectivity index (χ4n) is 3.01. The molecule has 0 spiro atoms. The maximum Gasteiger partial charge on any atom is 0.308 e. The van der Waals surface area contributed by atoms with Gasteiger partial charge < -0.3 is 15.4 Å². The molecule has 1 aromatic heterocycles. The number of ether oxygens (including phenoxy) is 1. The Morgan fingerprint density at radius 2 is 1.49 bits per heavy atom. The number of ketones is 2. The quantitative estimate of drug-likeness (QED) is 0.292. The number of amides is 2. The average Bonchev–Trinajstić information content (AvgIpc) is 3.42. The van der Waals surface area contributed by atoms with E-state index >= 15 is 0 Å². The molecule has 3 rings (SSSR count). The van der Waals surface area contributed by atoms with E-state index in [1.807, 2.05) is 6.07 Å². The summed E-state index contributed by atoms with van der Waals surface area (Å²) in [5.74, 6) is -1.71. The van der Waals surface area contributed by atoms with Crippen molar-refractivity contribution in [3.05, 3.63) is 88.1 Å². The molecule has 0 fully saturated rings. The van der Waals surface area contributed by atoms with Crippen LogP contribution in [0, 0.1) is 0 Å². The van der Waals surface area contributed by atoms with Crippen LogP contribution in [0.4, 0.5) is 5.69 Å². The number of anilines is 1. The van der Waals surface area contributed by atoms with E-state index in [1.54, 1.807) is 53.9 Å². The predicted molar refractivity (Wildman–Crippen MR) is 132 cm³/mol. The molecule has 2 N–H and O–H groups in total. The third kappa shape index (κ3) is 8.31. The van der Waals surface area contributed by atoms with Gasteiger partial charge >= 0.3 is 5.97 Å². The highest BCUT2D eigenvalue weighted by atomic mass is 32.1. The molecule has 180 valence electrons. The van der Waals surface area contributed by atoms with Crippen LogP contribution in [0.25, 0.3) is 0 Å². The van der Waals surface area contributed by atoms with Gasteiger partial charge in [-0.05, 0) is 47.8 Å². The van der Waals surface area contributed by atoms with E-state index in [0.29, 0.717) is 21.7 Å². The van der Waals surface area contributed by atoms with Crippen LogP contribution in [-0.4, -0.2) is 42.5 Å². The number of benzene rings is 2. The average molecular weight is 493 g/mol. The highest BCUT2D eigenvalue weighted by Gasteiger charge is 2.13. The van der Waals surface area contributed by atoms with E-state index in [2.05, 4.69) is 10.6 Å². The molecule has 0 radical (unpaired) electrons. The van der Waals surface area contributed by atoms with Crippen molar-refractivity contribution in [2.24, 2.45) is 0 Å². The zero-order valence-electron chi connectivity index (χ0n) is 18.8. The number of esters is 1. The molecule has 0 saturated heterocycles. The summed E-state index contributed by atoms with van der Waals surface area (Å²) >= 11 is 1.33. The van der Waals surface area contributed by atoms with Gasteiger partial charge in [0.2, 0.25) is 5.91 Å². The summed E-state index contributed by atoms with van der Waals surface area (Å²) in [6, 6.07) is 18.5. The van der Waals surface area contributed by atoms with Crippen LogP contribution in [0.3, 0.4) is 0 Å². The van der Waals surface area contributed by atoms with Crippen LogP contribution in [0.15, 0.2) is 72.1 Å². The van der Waals surface area contributed by atoms with Crippen molar-refractivity contribution in [3.8, 4) is 0 Å². The summed E-state index contributed by atoms with van der Waals surface area (Å²) in [6.07, 6.45) is 0.0361. The number of nitrogens with one attached hydrogen (secondary N) is 2. The Labute approximate surface area is 206 Å². The molecule has 0 aliphatic rings. The largest absolute Gasteiger partial charge is 0.457 e. The molecule has 9 heteroatoms. The van der Waals surface area contributed by atoms with Gasteiger partial charge in [-0.1, -0.05) is 24.3 Å². The number of Topliss-reactive ketones (excluding diaryl/α,β-unsaturated/α-hetero) is 2. The predicted octanol–water partition coefficient (Wildman–Crippen LogP) is 3.90. The molecule has 3 aromatic rings. The van der Waals surface area contributed by atoms with Crippen molar-refractivity contribution >= 4 is 46.4 Å². The van der Waals surface area contributed by atoms with Crippen molar-refractivity contribution in [1.29, 1.82) is 0 Å². The summed E-state index contributed by atoms with van der Waals surface area (Å²) in [7, 11) is 0. The Morgan fingerprint density at radius 1 is 0.743 bits per heavy atom. The van der Waals surface area contributed by atoms with Crippen molar-refractivity contribution < 1.29 is 28.7 Å². The first-order valence-corrected chi connectivity index (χ1v) is 11.8. The molecule has 0 saturated carbocycles. The number of carbonyl (C=O) groups is 5. The van der Waals surface area contributed by atoms with Gasteiger partial charge in [0.1, 0.15) is 0 Å². The summed E-state index contributed by atoms with van der Waals surface area (Å²) in [5.41, 5.74) is 1.38. The maximum atomic E-state index is 12.3. The van der Waals surface area contributed by atoms with E-state index in [4.69, 9.17) is 4.74 Å². The van der Waals surface area contributed by atoms with Gasteiger partial charge in [-0.2, -0.15) is 0 Å². The molecular weight excluding hydrogens is 468 g/mol. The van der Waals surface area contributed by atoms with Gasteiger partial charge in [-0.25, -0.2) is 0 Å². The molecule has 0 atom stereocenters. The number of hydrogen-bond acceptors (Lipinski definition) is 7. The first-order chi connectivity index (χ1) is 16.9. The van der Waals surface area contributed by atoms with Crippen LogP contribution in [0.2, 0.25) is 0 Å². The Morgan fingerprint density at radius 3 is 2.17 bits per heavy atom. The summed E-state index contributed by atoms with van der Waals surface area (Å²) < 4.78 is 4.98. The molecule has 0 aliphatic carbocycles. The third-order valence-electron chi connectivity index (χ3n) is 4.89. The fraction of sp³-hybridized carbons (Fsp3) is 0.192. The van der Waals surface area contributed by atoms with Crippen LogP contribution < -0.4 is 10.6 Å². The molecule has 35 heavy (non-hydrogen) atoms. The monoisotopic (exact) mass is 492 g/mol. The first-order valence-electron chi connectivity index (χ1n) is 10.9. The summed E-state index contributed by atoms with van der Waals surface area (Å²) in [5, 5.41) is 7.10. The van der Waals surface area contributed by atoms with Gasteiger partial charge in [-0.15, -0.1) is 11.3 Å². The van der Waals surface area contributed by atoms with Gasteiger partial charge in [0.25, 0.3) is 5.91 Å². The summed E-state index contributed by atoms with van der Waals surface area (Å²) in [4.78, 5) is 60.6. The highest BCUT2D eigenvalue weighted by molar-refractivity contribution is 7.12. The number of thiophene rings is 1. The number of carbonyl (C=O) groups excluding carboxylic acids is 5. The van der Waals surface area contributed by atoms with Gasteiger partial charge in [0.15, 0.2) is 18.2 Å². The Hall–Kier alpha value is -4.11. The fourth-order valence-corrected chi connectivity index (χ4v) is 3.71. The topological polar surface area (TPSA) is 119 Å². The number of hydrogen-bond donors (Lipinski definition) is 2. The smallest absolute Gasteiger partial charge is 0.308 e. The Kier molecular flexibility index (Phi) is 9.44. The standard InChI is InChI=1S/C26H24N2O6S/c29-21(23-7-4-16-35-23)12-13-24(31)27-15-14-25(32)34-17-22(30)18-8-10-20(11-9-18)28-26(33)19-5-2-1-3-6-19/h1-11,16H,12-15,17H2,(H,27,31)(H,28,33). The van der Waals surface area contributed by atoms with E-state index in [-0.39, 0.29) is 43.4 Å². The molecule has 0 unspecified atom stereocenters. The lowest BCUT2D eigenvalue weighted by Crippen LogP contribution is -2.27. The van der Waals surface area contributed by atoms with Crippen molar-refractivity contribution in [3.63, 3.8) is 0 Å². The van der Waals surface area contributed by atoms with Crippen molar-refractivity contribution in [2.45, 2.75) is 19.3 Å². The second-order valence-corrected chi connectivity index (χ2v) is 8.43. The van der Waals surface area contributed by atoms with E-state index < -0.39 is 18.4 Å². The molecule has 0 aliphatic heterocycles. The van der Waals surface area contributed by atoms with Crippen LogP contribution in [0.5, 0.6) is 0 Å². The minimum atomic E-state index is -0.625. The Bertz CT molecular complexity index is 1170. The first kappa shape index (κ1) is 25.5. The van der Waals surface area contributed by atoms with Crippen LogP contribution in [-0.2, 0) is 14.3 Å². The second-order valence-electron chi connectivity index (χ2n) is 7.48. The molecule has 8 nitrogen and oxygen atoms in total. The van der Waals surface area contributed by atoms with Gasteiger partial charge in [-0.3, -0.25) is 24.0 Å². The second kappa shape index (κ2) is 13.0. The highest BCUT2D eigenvalue weighted by Crippen LogP contribution is 2.13. The van der Waals surface area contributed by atoms with E-state index in [0.717, 1.165) is 0 Å². The lowest BCUT2D eigenvalue weighted by atomic mass is 10.1. The molecule has 2 aromatic carbocycles. The normalized spacial score (nSPS) is 10.3. The molecule has 0 bridgehead atoms.